The number of esters is 4. The molecule has 0 spiro atoms. The van der Waals surface area contributed by atoms with Gasteiger partial charge in [0, 0.05) is 22.3 Å². The molecule has 0 aliphatic carbocycles. The van der Waals surface area contributed by atoms with E-state index in [2.05, 4.69) is 108 Å². The Morgan fingerprint density at radius 3 is 1.34 bits per heavy atom. The highest BCUT2D eigenvalue weighted by Crippen LogP contribution is 2.17. The minimum absolute atomic E-state index is 0.134. The average Bonchev–Trinajstić information content (AvgIpc) is 3.29. The van der Waals surface area contributed by atoms with E-state index in [1.54, 1.807) is 80.6 Å². The summed E-state index contributed by atoms with van der Waals surface area (Å²) in [7, 11) is 0. The summed E-state index contributed by atoms with van der Waals surface area (Å²) in [4.78, 5) is 50.9. The Bertz CT molecular complexity index is 2770. The van der Waals surface area contributed by atoms with Crippen molar-refractivity contribution in [3.8, 4) is 106 Å². The van der Waals surface area contributed by atoms with Gasteiger partial charge in [-0.15, -0.1) is 0 Å². The lowest BCUT2D eigenvalue weighted by Gasteiger charge is -2.20. The molecule has 3 aromatic rings. The highest BCUT2D eigenvalue weighted by molar-refractivity contribution is 5.87. The van der Waals surface area contributed by atoms with Crippen LogP contribution in [0.4, 0.5) is 0 Å². The lowest BCUT2D eigenvalue weighted by Crippen LogP contribution is -2.32. The first-order chi connectivity index (χ1) is 31.4. The molecule has 0 aromatic heterocycles. The number of rotatable bonds is 18. The van der Waals surface area contributed by atoms with E-state index in [1.165, 1.54) is 13.8 Å². The molecule has 3 aromatic carbocycles. The molecule has 0 saturated heterocycles. The maximum atomic E-state index is 13.3. The molecule has 0 heterocycles. The molecule has 324 valence electrons. The summed E-state index contributed by atoms with van der Waals surface area (Å²) in [5, 5.41) is 0. The first-order valence-corrected chi connectivity index (χ1v) is 19.8. The summed E-state index contributed by atoms with van der Waals surface area (Å²) in [5.74, 6) is 40.8. The maximum absolute atomic E-state index is 13.3. The Balaban J connectivity index is 1.65. The Hall–Kier alpha value is -8.90. The van der Waals surface area contributed by atoms with Crippen molar-refractivity contribution in [3.63, 3.8) is 0 Å². The molecule has 2 unspecified atom stereocenters. The number of aryl methyl sites for hydroxylation is 1. The highest BCUT2D eigenvalue weighted by Gasteiger charge is 2.22. The predicted molar refractivity (Wildman–Crippen MR) is 246 cm³/mol. The number of benzene rings is 3. The third kappa shape index (κ3) is 21.0. The number of hydrogen-bond donors (Lipinski definition) is 0. The Morgan fingerprint density at radius 2 is 0.923 bits per heavy atom. The number of hydrogen-bond acceptors (Lipinski definition) is 10. The topological polar surface area (TPSA) is 124 Å². The Labute approximate surface area is 381 Å². The maximum Gasteiger partial charge on any atom is 0.333 e. The van der Waals surface area contributed by atoms with Gasteiger partial charge in [0.25, 0.3) is 0 Å². The molecular weight excluding hydrogens is 821 g/mol. The third-order valence-corrected chi connectivity index (χ3v) is 8.06. The van der Waals surface area contributed by atoms with E-state index in [1.807, 2.05) is 6.92 Å². The second kappa shape index (κ2) is 28.6. The van der Waals surface area contributed by atoms with Crippen LogP contribution in [0, 0.1) is 102 Å². The summed E-state index contributed by atoms with van der Waals surface area (Å²) < 4.78 is 33.8. The van der Waals surface area contributed by atoms with Crippen LogP contribution in [0.2, 0.25) is 0 Å². The van der Waals surface area contributed by atoms with Crippen LogP contribution in [0.15, 0.2) is 91.0 Å². The van der Waals surface area contributed by atoms with Crippen LogP contribution >= 0.6 is 0 Å². The molecule has 10 heteroatoms. The van der Waals surface area contributed by atoms with E-state index in [-0.39, 0.29) is 50.4 Å². The lowest BCUT2D eigenvalue weighted by molar-refractivity contribution is -0.158. The van der Waals surface area contributed by atoms with E-state index in [9.17, 15) is 19.2 Å². The molecule has 0 saturated carbocycles. The monoisotopic (exact) mass is 864 g/mol. The largest absolute Gasteiger partial charge is 0.490 e. The van der Waals surface area contributed by atoms with Gasteiger partial charge in [0.1, 0.15) is 37.9 Å². The third-order valence-electron chi connectivity index (χ3n) is 8.06. The van der Waals surface area contributed by atoms with Crippen LogP contribution in [0.3, 0.4) is 0 Å². The van der Waals surface area contributed by atoms with Crippen molar-refractivity contribution >= 4 is 23.9 Å². The van der Waals surface area contributed by atoms with Crippen LogP contribution in [0.5, 0.6) is 11.5 Å². The molecule has 0 aliphatic heterocycles. The van der Waals surface area contributed by atoms with Gasteiger partial charge in [-0.1, -0.05) is 55.0 Å². The lowest BCUT2D eigenvalue weighted by atomic mass is 10.0. The van der Waals surface area contributed by atoms with Crippen LogP contribution in [-0.2, 0) is 51.0 Å². The van der Waals surface area contributed by atoms with Crippen molar-refractivity contribution in [2.24, 2.45) is 0 Å². The molecule has 0 bridgehead atoms. The highest BCUT2D eigenvalue weighted by atomic mass is 16.6. The van der Waals surface area contributed by atoms with E-state index < -0.39 is 36.1 Å². The number of carbonyl (C=O) groups excluding carboxylic acids is 4. The molecule has 10 nitrogen and oxygen atoms in total. The average molecular weight is 865 g/mol. The van der Waals surface area contributed by atoms with Gasteiger partial charge in [-0.2, -0.15) is 0 Å². The first-order valence-electron chi connectivity index (χ1n) is 19.8. The SMILES string of the molecule is C=C(C)C(=O)OCC(COc1ccc(C#CC#CC#CC#CC)cc1)OC(=O)Cc1ccc(C)c(CC(=O)OC(COC(=O)C(=C)C)COc2ccc(C#CC#CC#CC#CC)cc2)c1. The van der Waals surface area contributed by atoms with Crippen molar-refractivity contribution < 1.29 is 47.6 Å². The second-order valence-electron chi connectivity index (χ2n) is 13.5. The van der Waals surface area contributed by atoms with Gasteiger partial charge >= 0.3 is 23.9 Å². The summed E-state index contributed by atoms with van der Waals surface area (Å²) in [5.41, 5.74) is 3.63. The second-order valence-corrected chi connectivity index (χ2v) is 13.5. The summed E-state index contributed by atoms with van der Waals surface area (Å²) in [6, 6.07) is 18.9. The van der Waals surface area contributed by atoms with Crippen LogP contribution in [0.1, 0.15) is 55.5 Å². The smallest absolute Gasteiger partial charge is 0.333 e. The quantitative estimate of drug-likeness (QED) is 0.0646. The molecular formula is C55H44O10. The van der Waals surface area contributed by atoms with Crippen LogP contribution in [-0.4, -0.2) is 62.5 Å². The first kappa shape index (κ1) is 50.5. The minimum atomic E-state index is -0.973. The van der Waals surface area contributed by atoms with Gasteiger partial charge in [-0.05, 0) is 171 Å². The van der Waals surface area contributed by atoms with Crippen molar-refractivity contribution in [1.29, 1.82) is 0 Å². The van der Waals surface area contributed by atoms with E-state index in [0.29, 0.717) is 33.8 Å². The molecule has 0 amide bonds. The zero-order chi connectivity index (χ0) is 47.2. The van der Waals surface area contributed by atoms with Gasteiger partial charge < -0.3 is 28.4 Å². The molecule has 65 heavy (non-hydrogen) atoms. The van der Waals surface area contributed by atoms with Crippen LogP contribution < -0.4 is 9.47 Å². The molecule has 0 aliphatic rings. The zero-order valence-electron chi connectivity index (χ0n) is 36.7. The zero-order valence-corrected chi connectivity index (χ0v) is 36.7. The molecule has 0 N–H and O–H groups in total. The van der Waals surface area contributed by atoms with Crippen molar-refractivity contribution in [1.82, 2.24) is 0 Å². The molecule has 2 atom stereocenters. The fourth-order valence-corrected chi connectivity index (χ4v) is 4.85. The fraction of sp³-hybridized carbons (Fsp3) is 0.236. The Kier molecular flexibility index (Phi) is 22.2. The molecule has 3 rings (SSSR count). The summed E-state index contributed by atoms with van der Waals surface area (Å²) >= 11 is 0. The van der Waals surface area contributed by atoms with Crippen molar-refractivity contribution in [2.45, 2.75) is 59.7 Å². The van der Waals surface area contributed by atoms with Gasteiger partial charge in [-0.3, -0.25) is 9.59 Å². The van der Waals surface area contributed by atoms with Gasteiger partial charge in [0.15, 0.2) is 12.2 Å². The summed E-state index contributed by atoms with van der Waals surface area (Å²) in [6.45, 7) is 14.5. The number of ether oxygens (including phenoxy) is 6. The fourth-order valence-electron chi connectivity index (χ4n) is 4.85. The molecule has 0 radical (unpaired) electrons. The Morgan fingerprint density at radius 1 is 0.523 bits per heavy atom. The standard InChI is InChI=1S/C55H44O10/c1-8-10-12-14-16-18-20-22-44-26-30-48(31-27-44)60-37-50(39-62-54(58)41(3)4)64-52(56)35-46-25-24-43(7)47(34-46)36-53(57)65-51(40-63-55(59)42(5)6)38-61-49-32-28-45(29-33-49)23-21-19-17-15-13-11-9-2/h24-34,50-51H,3,5,35-40H2,1-2,4,6-7H3. The van der Waals surface area contributed by atoms with E-state index >= 15 is 0 Å². The minimum Gasteiger partial charge on any atom is -0.490 e. The number of carbonyl (C=O) groups is 4. The normalized spacial score (nSPS) is 9.86. The van der Waals surface area contributed by atoms with Gasteiger partial charge in [-0.25, -0.2) is 9.59 Å². The van der Waals surface area contributed by atoms with E-state index in [4.69, 9.17) is 28.4 Å². The van der Waals surface area contributed by atoms with E-state index in [0.717, 1.165) is 5.56 Å². The predicted octanol–water partition coefficient (Wildman–Crippen LogP) is 6.06. The van der Waals surface area contributed by atoms with Gasteiger partial charge in [0.05, 0.1) is 12.8 Å². The van der Waals surface area contributed by atoms with Gasteiger partial charge in [0.2, 0.25) is 0 Å². The van der Waals surface area contributed by atoms with Crippen molar-refractivity contribution in [3.05, 3.63) is 119 Å². The molecule has 0 fully saturated rings. The summed E-state index contributed by atoms with van der Waals surface area (Å²) in [6.07, 6.45) is -2.28. The van der Waals surface area contributed by atoms with Crippen LogP contribution in [0.25, 0.3) is 0 Å². The van der Waals surface area contributed by atoms with Crippen molar-refractivity contribution in [2.75, 3.05) is 26.4 Å².